The van der Waals surface area contributed by atoms with Crippen LogP contribution in [0.2, 0.25) is 0 Å². The summed E-state index contributed by atoms with van der Waals surface area (Å²) in [6.45, 7) is 1.86. The molecule has 0 saturated heterocycles. The fraction of sp³-hybridized carbons (Fsp3) is 0.182. The largest absolute Gasteiger partial charge is 0.454 e. The van der Waals surface area contributed by atoms with Gasteiger partial charge in [-0.25, -0.2) is 13.4 Å². The molecule has 5 rings (SSSR count). The fourth-order valence-electron chi connectivity index (χ4n) is 3.97. The summed E-state index contributed by atoms with van der Waals surface area (Å²) in [5.74, 6) is 0.351. The van der Waals surface area contributed by atoms with Gasteiger partial charge < -0.3 is 4.42 Å². The van der Waals surface area contributed by atoms with Crippen molar-refractivity contribution in [2.75, 3.05) is 15.9 Å². The van der Waals surface area contributed by atoms with Crippen LogP contribution in [0.4, 0.5) is 10.8 Å². The zero-order chi connectivity index (χ0) is 21.8. The number of benzene rings is 2. The number of fused-ring (bicyclic) bond motifs is 2. The number of para-hydroxylation sites is 1. The standard InChI is InChI=1S/C22H19N3O4S2/c1-13-9-16-10-15(7-8-18(16)25(13)31(2,27)28)21(26)24-22-23-17(12-30-22)20-11-14-5-3-4-6-19(14)29-20/h3-8,10-13H,9H2,1-2H3,(H,23,24,26). The number of nitrogens with zero attached hydrogens (tertiary/aromatic N) is 2. The highest BCUT2D eigenvalue weighted by molar-refractivity contribution is 7.92. The van der Waals surface area contributed by atoms with E-state index in [1.165, 1.54) is 21.9 Å². The number of carbonyl (C=O) groups is 1. The lowest BCUT2D eigenvalue weighted by Gasteiger charge is -2.21. The van der Waals surface area contributed by atoms with Crippen LogP contribution in [-0.4, -0.2) is 31.6 Å². The normalized spacial score (nSPS) is 15.9. The first-order chi connectivity index (χ1) is 14.8. The van der Waals surface area contributed by atoms with Gasteiger partial charge in [0.2, 0.25) is 10.0 Å². The van der Waals surface area contributed by atoms with E-state index in [4.69, 9.17) is 4.42 Å². The average molecular weight is 454 g/mol. The predicted octanol–water partition coefficient (Wildman–Crippen LogP) is 4.52. The Morgan fingerprint density at radius 1 is 1.23 bits per heavy atom. The lowest BCUT2D eigenvalue weighted by molar-refractivity contribution is 0.102. The molecule has 158 valence electrons. The first-order valence-electron chi connectivity index (χ1n) is 9.68. The number of furan rings is 1. The van der Waals surface area contributed by atoms with E-state index in [0.717, 1.165) is 16.5 Å². The lowest BCUT2D eigenvalue weighted by atomic mass is 10.1. The maximum Gasteiger partial charge on any atom is 0.257 e. The molecule has 7 nitrogen and oxygen atoms in total. The molecule has 1 aliphatic rings. The second kappa shape index (κ2) is 7.21. The number of thiazole rings is 1. The molecule has 0 saturated carbocycles. The van der Waals surface area contributed by atoms with Crippen LogP contribution < -0.4 is 9.62 Å². The van der Waals surface area contributed by atoms with Gasteiger partial charge in [-0.2, -0.15) is 0 Å². The minimum Gasteiger partial charge on any atom is -0.454 e. The first kappa shape index (κ1) is 19.8. The highest BCUT2D eigenvalue weighted by atomic mass is 32.2. The number of amides is 1. The van der Waals surface area contributed by atoms with Crippen LogP contribution in [0.25, 0.3) is 22.4 Å². The van der Waals surface area contributed by atoms with E-state index in [1.807, 2.05) is 42.6 Å². The maximum atomic E-state index is 12.8. The maximum absolute atomic E-state index is 12.8. The van der Waals surface area contributed by atoms with E-state index < -0.39 is 10.0 Å². The summed E-state index contributed by atoms with van der Waals surface area (Å²) in [6.07, 6.45) is 1.76. The molecule has 0 radical (unpaired) electrons. The van der Waals surface area contributed by atoms with Gasteiger partial charge >= 0.3 is 0 Å². The molecule has 1 aliphatic heterocycles. The number of nitrogens with one attached hydrogen (secondary N) is 1. The summed E-state index contributed by atoms with van der Waals surface area (Å²) in [5, 5.41) is 6.11. The molecule has 0 fully saturated rings. The number of sulfonamides is 1. The van der Waals surface area contributed by atoms with Crippen molar-refractivity contribution in [3.63, 3.8) is 0 Å². The minimum atomic E-state index is -3.36. The van der Waals surface area contributed by atoms with E-state index in [-0.39, 0.29) is 11.9 Å². The molecule has 1 N–H and O–H groups in total. The van der Waals surface area contributed by atoms with Gasteiger partial charge in [-0.15, -0.1) is 11.3 Å². The van der Waals surface area contributed by atoms with Crippen LogP contribution in [-0.2, 0) is 16.4 Å². The number of rotatable bonds is 4. The summed E-state index contributed by atoms with van der Waals surface area (Å²) < 4.78 is 31.4. The van der Waals surface area contributed by atoms with Gasteiger partial charge in [0.15, 0.2) is 10.9 Å². The zero-order valence-electron chi connectivity index (χ0n) is 16.8. The highest BCUT2D eigenvalue weighted by Gasteiger charge is 2.32. The smallest absolute Gasteiger partial charge is 0.257 e. The van der Waals surface area contributed by atoms with Crippen LogP contribution in [0.3, 0.4) is 0 Å². The number of hydrogen-bond donors (Lipinski definition) is 1. The van der Waals surface area contributed by atoms with Crippen molar-refractivity contribution >= 4 is 49.1 Å². The van der Waals surface area contributed by atoms with Crippen molar-refractivity contribution in [2.24, 2.45) is 0 Å². The molecule has 2 aromatic heterocycles. The number of aromatic nitrogens is 1. The van der Waals surface area contributed by atoms with Crippen molar-refractivity contribution in [1.29, 1.82) is 0 Å². The molecule has 1 amide bonds. The Balaban J connectivity index is 1.36. The molecule has 1 unspecified atom stereocenters. The van der Waals surface area contributed by atoms with Gasteiger partial charge in [0.1, 0.15) is 11.3 Å². The third kappa shape index (κ3) is 3.60. The Labute approximate surface area is 183 Å². The van der Waals surface area contributed by atoms with Gasteiger partial charge in [-0.05, 0) is 49.2 Å². The Bertz CT molecular complexity index is 1390. The molecular weight excluding hydrogens is 434 g/mol. The molecule has 0 aliphatic carbocycles. The Morgan fingerprint density at radius 2 is 2.03 bits per heavy atom. The van der Waals surface area contributed by atoms with E-state index in [2.05, 4.69) is 10.3 Å². The third-order valence-electron chi connectivity index (χ3n) is 5.25. The van der Waals surface area contributed by atoms with Gasteiger partial charge in [-0.1, -0.05) is 18.2 Å². The first-order valence-corrected chi connectivity index (χ1v) is 12.4. The molecular formula is C22H19N3O4S2. The van der Waals surface area contributed by atoms with E-state index in [1.54, 1.807) is 18.2 Å². The SMILES string of the molecule is CC1Cc2cc(C(=O)Nc3nc(-c4cc5ccccc5o4)cs3)ccc2N1S(C)(=O)=O. The van der Waals surface area contributed by atoms with Crippen molar-refractivity contribution in [2.45, 2.75) is 19.4 Å². The van der Waals surface area contributed by atoms with Crippen molar-refractivity contribution in [3.05, 3.63) is 65.0 Å². The van der Waals surface area contributed by atoms with Gasteiger partial charge in [0.25, 0.3) is 5.91 Å². The van der Waals surface area contributed by atoms with Gasteiger partial charge in [-0.3, -0.25) is 14.4 Å². The zero-order valence-corrected chi connectivity index (χ0v) is 18.5. The van der Waals surface area contributed by atoms with Crippen molar-refractivity contribution < 1.29 is 17.6 Å². The third-order valence-corrected chi connectivity index (χ3v) is 7.28. The lowest BCUT2D eigenvalue weighted by Crippen LogP contribution is -2.34. The topological polar surface area (TPSA) is 92.5 Å². The fourth-order valence-corrected chi connectivity index (χ4v) is 5.93. The second-order valence-corrected chi connectivity index (χ2v) is 10.3. The number of carbonyl (C=O) groups excluding carboxylic acids is 1. The van der Waals surface area contributed by atoms with E-state index in [9.17, 15) is 13.2 Å². The molecule has 1 atom stereocenters. The van der Waals surface area contributed by atoms with E-state index in [0.29, 0.717) is 34.3 Å². The van der Waals surface area contributed by atoms with Crippen molar-refractivity contribution in [3.8, 4) is 11.5 Å². The van der Waals surface area contributed by atoms with Crippen molar-refractivity contribution in [1.82, 2.24) is 4.98 Å². The van der Waals surface area contributed by atoms with Gasteiger partial charge in [0, 0.05) is 22.4 Å². The number of hydrogen-bond acceptors (Lipinski definition) is 6. The second-order valence-electron chi connectivity index (χ2n) is 7.60. The molecule has 9 heteroatoms. The molecule has 0 bridgehead atoms. The van der Waals surface area contributed by atoms with Crippen LogP contribution in [0.15, 0.2) is 58.3 Å². The summed E-state index contributed by atoms with van der Waals surface area (Å²) in [7, 11) is -3.36. The minimum absolute atomic E-state index is 0.173. The Hall–Kier alpha value is -3.17. The van der Waals surface area contributed by atoms with Crippen LogP contribution in [0, 0.1) is 0 Å². The molecule has 31 heavy (non-hydrogen) atoms. The molecule has 3 heterocycles. The van der Waals surface area contributed by atoms with E-state index >= 15 is 0 Å². The molecule has 2 aromatic carbocycles. The summed E-state index contributed by atoms with van der Waals surface area (Å²) >= 11 is 1.32. The monoisotopic (exact) mass is 453 g/mol. The summed E-state index contributed by atoms with van der Waals surface area (Å²) in [4.78, 5) is 17.2. The number of anilines is 2. The summed E-state index contributed by atoms with van der Waals surface area (Å²) in [5.41, 5.74) is 3.37. The Kier molecular flexibility index (Phi) is 4.60. The van der Waals surface area contributed by atoms with Gasteiger partial charge in [0.05, 0.1) is 11.9 Å². The highest BCUT2D eigenvalue weighted by Crippen LogP contribution is 2.35. The Morgan fingerprint density at radius 3 is 2.81 bits per heavy atom. The quantitative estimate of drug-likeness (QED) is 0.490. The van der Waals surface area contributed by atoms with Crippen LogP contribution >= 0.6 is 11.3 Å². The predicted molar refractivity (Wildman–Crippen MR) is 122 cm³/mol. The van der Waals surface area contributed by atoms with Crippen LogP contribution in [0.1, 0.15) is 22.8 Å². The molecule has 4 aromatic rings. The molecule has 0 spiro atoms. The van der Waals surface area contributed by atoms with Crippen LogP contribution in [0.5, 0.6) is 0 Å². The summed E-state index contributed by atoms with van der Waals surface area (Å²) in [6, 6.07) is 14.5. The average Bonchev–Trinajstić information content (AvgIpc) is 3.41.